The molecular formula is C16H27Cl2N3O3. The molecule has 0 radical (unpaired) electrons. The van der Waals surface area contributed by atoms with E-state index >= 15 is 0 Å². The quantitative estimate of drug-likeness (QED) is 0.733. The normalized spacial score (nSPS) is 15.8. The van der Waals surface area contributed by atoms with Gasteiger partial charge in [-0.3, -0.25) is 9.78 Å². The zero-order valence-corrected chi connectivity index (χ0v) is 15.6. The van der Waals surface area contributed by atoms with Crippen molar-refractivity contribution in [1.82, 2.24) is 9.88 Å². The van der Waals surface area contributed by atoms with Crippen molar-refractivity contribution in [3.63, 3.8) is 0 Å². The van der Waals surface area contributed by atoms with Crippen LogP contribution >= 0.6 is 24.8 Å². The molecule has 2 N–H and O–H groups in total. The van der Waals surface area contributed by atoms with Gasteiger partial charge in [0.05, 0.1) is 12.3 Å². The largest absolute Gasteiger partial charge is 0.479 e. The minimum absolute atomic E-state index is 0. The van der Waals surface area contributed by atoms with Gasteiger partial charge in [-0.2, -0.15) is 0 Å². The van der Waals surface area contributed by atoms with E-state index in [2.05, 4.69) is 4.98 Å². The maximum atomic E-state index is 12.4. The lowest BCUT2D eigenvalue weighted by Gasteiger charge is -2.33. The summed E-state index contributed by atoms with van der Waals surface area (Å²) in [7, 11) is 0. The molecule has 2 heterocycles. The standard InChI is InChI=1S/C16H25N3O3.2ClH/c1-13(22-15-4-2-8-18-12-15)16(20)19-9-5-14(6-10-19)21-11-3-7-17;;/h2,4,8,12-14H,3,5-7,9-11,17H2,1H3;2*1H. The number of likely N-dealkylation sites (tertiary alicyclic amines) is 1. The molecule has 24 heavy (non-hydrogen) atoms. The lowest BCUT2D eigenvalue weighted by Crippen LogP contribution is -2.46. The maximum absolute atomic E-state index is 12.4. The number of aromatic nitrogens is 1. The molecule has 1 aromatic rings. The van der Waals surface area contributed by atoms with Gasteiger partial charge in [0.15, 0.2) is 6.10 Å². The first-order valence-electron chi connectivity index (χ1n) is 7.88. The molecule has 2 rings (SSSR count). The molecule has 0 bridgehead atoms. The number of pyridine rings is 1. The Kier molecular flexibility index (Phi) is 11.8. The van der Waals surface area contributed by atoms with Gasteiger partial charge >= 0.3 is 0 Å². The number of piperidine rings is 1. The van der Waals surface area contributed by atoms with Gasteiger partial charge in [-0.1, -0.05) is 0 Å². The van der Waals surface area contributed by atoms with Crippen LogP contribution in [0.4, 0.5) is 0 Å². The SMILES string of the molecule is CC(Oc1cccnc1)C(=O)N1CCC(OCCCN)CC1.Cl.Cl. The fraction of sp³-hybridized carbons (Fsp3) is 0.625. The second-order valence-electron chi connectivity index (χ2n) is 5.49. The number of halogens is 2. The number of hydrogen-bond donors (Lipinski definition) is 1. The van der Waals surface area contributed by atoms with Crippen LogP contribution in [0.15, 0.2) is 24.5 Å². The van der Waals surface area contributed by atoms with Crippen LogP contribution in [0.1, 0.15) is 26.2 Å². The molecule has 0 spiro atoms. The monoisotopic (exact) mass is 379 g/mol. The highest BCUT2D eigenvalue weighted by Crippen LogP contribution is 2.16. The third-order valence-corrected chi connectivity index (χ3v) is 3.75. The van der Waals surface area contributed by atoms with E-state index in [1.807, 2.05) is 4.90 Å². The fourth-order valence-corrected chi connectivity index (χ4v) is 2.50. The number of nitrogens with two attached hydrogens (primary N) is 1. The first-order valence-corrected chi connectivity index (χ1v) is 7.88. The summed E-state index contributed by atoms with van der Waals surface area (Å²) in [6.45, 7) is 4.56. The second-order valence-corrected chi connectivity index (χ2v) is 5.49. The number of nitrogens with zero attached hydrogens (tertiary/aromatic N) is 2. The molecule has 1 aliphatic rings. The Labute approximate surface area is 155 Å². The van der Waals surface area contributed by atoms with Crippen molar-refractivity contribution in [2.45, 2.75) is 38.4 Å². The van der Waals surface area contributed by atoms with Crippen molar-refractivity contribution >= 4 is 30.7 Å². The minimum Gasteiger partial charge on any atom is -0.479 e. The van der Waals surface area contributed by atoms with Crippen LogP contribution in [0.2, 0.25) is 0 Å². The van der Waals surface area contributed by atoms with Gasteiger partial charge in [0.25, 0.3) is 5.91 Å². The van der Waals surface area contributed by atoms with Gasteiger partial charge < -0.3 is 20.1 Å². The summed E-state index contributed by atoms with van der Waals surface area (Å²) in [4.78, 5) is 18.2. The van der Waals surface area contributed by atoms with E-state index in [9.17, 15) is 4.79 Å². The van der Waals surface area contributed by atoms with Crippen molar-refractivity contribution in [3.8, 4) is 5.75 Å². The van der Waals surface area contributed by atoms with Crippen molar-refractivity contribution in [1.29, 1.82) is 0 Å². The highest BCUT2D eigenvalue weighted by atomic mass is 35.5. The third-order valence-electron chi connectivity index (χ3n) is 3.75. The molecule has 8 heteroatoms. The number of rotatable bonds is 7. The van der Waals surface area contributed by atoms with Gasteiger partial charge in [0.1, 0.15) is 5.75 Å². The molecule has 1 amide bonds. The molecule has 1 unspecified atom stereocenters. The lowest BCUT2D eigenvalue weighted by atomic mass is 10.1. The van der Waals surface area contributed by atoms with E-state index in [1.165, 1.54) is 0 Å². The average Bonchev–Trinajstić information content (AvgIpc) is 2.56. The van der Waals surface area contributed by atoms with Crippen LogP contribution in [-0.2, 0) is 9.53 Å². The molecule has 1 aliphatic heterocycles. The van der Waals surface area contributed by atoms with E-state index in [0.717, 1.165) is 19.3 Å². The number of carbonyl (C=O) groups excluding carboxylic acids is 1. The van der Waals surface area contributed by atoms with Crippen LogP contribution in [0.3, 0.4) is 0 Å². The third kappa shape index (κ3) is 7.21. The molecule has 1 aromatic heterocycles. The summed E-state index contributed by atoms with van der Waals surface area (Å²) in [5, 5.41) is 0. The Hall–Kier alpha value is -1.08. The van der Waals surface area contributed by atoms with E-state index in [1.54, 1.807) is 31.5 Å². The van der Waals surface area contributed by atoms with Crippen LogP contribution < -0.4 is 10.5 Å². The number of carbonyl (C=O) groups is 1. The smallest absolute Gasteiger partial charge is 0.263 e. The summed E-state index contributed by atoms with van der Waals surface area (Å²) in [6, 6.07) is 3.59. The first kappa shape index (κ1) is 22.9. The second kappa shape index (κ2) is 12.3. The topological polar surface area (TPSA) is 77.7 Å². The summed E-state index contributed by atoms with van der Waals surface area (Å²) in [5.74, 6) is 0.632. The van der Waals surface area contributed by atoms with Crippen molar-refractivity contribution in [2.24, 2.45) is 5.73 Å². The Morgan fingerprint density at radius 1 is 1.42 bits per heavy atom. The summed E-state index contributed by atoms with van der Waals surface area (Å²) >= 11 is 0. The highest BCUT2D eigenvalue weighted by Gasteiger charge is 2.27. The fourth-order valence-electron chi connectivity index (χ4n) is 2.50. The molecule has 6 nitrogen and oxygen atoms in total. The predicted octanol–water partition coefficient (Wildman–Crippen LogP) is 2.05. The van der Waals surface area contributed by atoms with E-state index in [-0.39, 0.29) is 36.8 Å². The molecular weight excluding hydrogens is 353 g/mol. The molecule has 0 aromatic carbocycles. The lowest BCUT2D eigenvalue weighted by molar-refractivity contribution is -0.140. The molecule has 1 saturated heterocycles. The summed E-state index contributed by atoms with van der Waals surface area (Å²) in [5.41, 5.74) is 5.45. The number of hydrogen-bond acceptors (Lipinski definition) is 5. The molecule has 1 fully saturated rings. The van der Waals surface area contributed by atoms with E-state index in [0.29, 0.717) is 32.0 Å². The predicted molar refractivity (Wildman–Crippen MR) is 98.0 cm³/mol. The average molecular weight is 380 g/mol. The van der Waals surface area contributed by atoms with Crippen LogP contribution in [0.5, 0.6) is 5.75 Å². The Bertz CT molecular complexity index is 457. The van der Waals surface area contributed by atoms with Gasteiger partial charge in [0.2, 0.25) is 0 Å². The first-order chi connectivity index (χ1) is 10.7. The van der Waals surface area contributed by atoms with Gasteiger partial charge in [-0.15, -0.1) is 24.8 Å². The zero-order chi connectivity index (χ0) is 15.8. The molecule has 138 valence electrons. The van der Waals surface area contributed by atoms with Crippen LogP contribution in [0.25, 0.3) is 0 Å². The number of amides is 1. The maximum Gasteiger partial charge on any atom is 0.263 e. The molecule has 0 aliphatic carbocycles. The van der Waals surface area contributed by atoms with Crippen molar-refractivity contribution in [3.05, 3.63) is 24.5 Å². The highest BCUT2D eigenvalue weighted by molar-refractivity contribution is 5.85. The van der Waals surface area contributed by atoms with Gasteiger partial charge in [-0.25, -0.2) is 0 Å². The van der Waals surface area contributed by atoms with Crippen LogP contribution in [0, 0.1) is 0 Å². The van der Waals surface area contributed by atoms with Gasteiger partial charge in [-0.05, 0) is 44.9 Å². The summed E-state index contributed by atoms with van der Waals surface area (Å²) in [6.07, 6.45) is 5.65. The Morgan fingerprint density at radius 3 is 2.71 bits per heavy atom. The Morgan fingerprint density at radius 2 is 2.12 bits per heavy atom. The molecule has 1 atom stereocenters. The Balaban J connectivity index is 0.00000264. The van der Waals surface area contributed by atoms with E-state index < -0.39 is 6.10 Å². The van der Waals surface area contributed by atoms with Crippen LogP contribution in [-0.4, -0.2) is 54.2 Å². The summed E-state index contributed by atoms with van der Waals surface area (Å²) < 4.78 is 11.4. The van der Waals surface area contributed by atoms with Crippen molar-refractivity contribution < 1.29 is 14.3 Å². The minimum atomic E-state index is -0.501. The van der Waals surface area contributed by atoms with Gasteiger partial charge in [0, 0.05) is 25.9 Å². The zero-order valence-electron chi connectivity index (χ0n) is 13.9. The number of ether oxygens (including phenoxy) is 2. The molecule has 0 saturated carbocycles. The van der Waals surface area contributed by atoms with E-state index in [4.69, 9.17) is 15.2 Å². The van der Waals surface area contributed by atoms with Crippen molar-refractivity contribution in [2.75, 3.05) is 26.2 Å².